The third-order valence-electron chi connectivity index (χ3n) is 10.8. The molecule has 0 aromatic carbocycles. The number of fused-ring (bicyclic) bond motifs is 5. The van der Waals surface area contributed by atoms with Crippen LogP contribution < -0.4 is 0 Å². The van der Waals surface area contributed by atoms with Gasteiger partial charge in [-0.1, -0.05) is 26.8 Å². The quantitative estimate of drug-likeness (QED) is 0.334. The first-order chi connectivity index (χ1) is 21.9. The summed E-state index contributed by atoms with van der Waals surface area (Å²) in [6.07, 6.45) is 1.13. The van der Waals surface area contributed by atoms with Gasteiger partial charge in [0.05, 0.1) is 6.26 Å². The number of hydrogen-bond donors (Lipinski definition) is 0. The molecule has 1 amide bonds. The number of halogens is 3. The third-order valence-corrected chi connectivity index (χ3v) is 11.5. The fourth-order valence-corrected chi connectivity index (χ4v) is 9.09. The molecule has 9 atom stereocenters. The predicted octanol–water partition coefficient (Wildman–Crippen LogP) is 5.98. The van der Waals surface area contributed by atoms with Crippen molar-refractivity contribution in [2.24, 2.45) is 28.6 Å². The van der Waals surface area contributed by atoms with Crippen molar-refractivity contribution >= 4 is 40.5 Å². The lowest BCUT2D eigenvalue weighted by atomic mass is 9.44. The molecule has 5 rings (SSSR count). The number of allylic oxidation sites excluding steroid dienone is 4. The number of nitrogens with zero attached hydrogens (tertiary/aromatic N) is 1. The molecule has 4 aliphatic carbocycles. The van der Waals surface area contributed by atoms with Crippen LogP contribution in [-0.2, 0) is 28.7 Å². The molecule has 3 fully saturated rings. The predicted molar refractivity (Wildman–Crippen MR) is 167 cm³/mol. The highest BCUT2D eigenvalue weighted by Crippen LogP contribution is 2.72. The second kappa shape index (κ2) is 13.3. The number of alkyl halides is 3. The zero-order valence-corrected chi connectivity index (χ0v) is 28.5. The van der Waals surface area contributed by atoms with Crippen LogP contribution >= 0.6 is 11.8 Å². The molecule has 0 radical (unpaired) electrons. The Balaban J connectivity index is 0.000000762. The Hall–Kier alpha value is -3.35. The molecule has 13 heteroatoms. The molecule has 1 aromatic heterocycles. The second-order valence-electron chi connectivity index (χ2n) is 13.4. The van der Waals surface area contributed by atoms with Gasteiger partial charge in [0.15, 0.2) is 17.1 Å². The van der Waals surface area contributed by atoms with Gasteiger partial charge in [-0.15, -0.1) is 0 Å². The number of ether oxygens (including phenoxy) is 2. The summed E-state index contributed by atoms with van der Waals surface area (Å²) in [5.41, 5.74) is -7.34. The zero-order valence-electron chi connectivity index (χ0n) is 27.6. The number of hydrogen-bond acceptors (Lipinski definition) is 9. The molecule has 47 heavy (non-hydrogen) atoms. The van der Waals surface area contributed by atoms with Crippen LogP contribution in [0.4, 0.5) is 13.2 Å². The maximum atomic E-state index is 18.2. The maximum Gasteiger partial charge on any atom is 0.374 e. The summed E-state index contributed by atoms with van der Waals surface area (Å²) in [7, 11) is 3.45. The van der Waals surface area contributed by atoms with E-state index in [2.05, 4.69) is 0 Å². The lowest BCUT2D eigenvalue weighted by Gasteiger charge is -2.63. The zero-order chi connectivity index (χ0) is 35.1. The van der Waals surface area contributed by atoms with E-state index in [1.807, 2.05) is 0 Å². The van der Waals surface area contributed by atoms with Crippen LogP contribution in [-0.4, -0.2) is 77.3 Å². The van der Waals surface area contributed by atoms with E-state index in [0.717, 1.165) is 6.08 Å². The van der Waals surface area contributed by atoms with E-state index in [1.165, 1.54) is 49.3 Å². The van der Waals surface area contributed by atoms with E-state index < -0.39 is 81.0 Å². The van der Waals surface area contributed by atoms with Crippen molar-refractivity contribution in [2.45, 2.75) is 83.8 Å². The molecule has 0 aliphatic heterocycles. The van der Waals surface area contributed by atoms with E-state index in [1.54, 1.807) is 34.9 Å². The molecular weight excluding hydrogens is 639 g/mol. The number of rotatable bonds is 6. The van der Waals surface area contributed by atoms with Crippen LogP contribution in [0.15, 0.2) is 46.6 Å². The molecule has 0 bridgehead atoms. The van der Waals surface area contributed by atoms with Crippen LogP contribution in [0.1, 0.15) is 70.9 Å². The first-order valence-electron chi connectivity index (χ1n) is 15.6. The fraction of sp³-hybridized carbons (Fsp3) is 0.618. The number of ketones is 1. The molecule has 258 valence electrons. The molecule has 1 heterocycles. The first kappa shape index (κ1) is 36.5. The van der Waals surface area contributed by atoms with Gasteiger partial charge < -0.3 is 18.8 Å². The van der Waals surface area contributed by atoms with Gasteiger partial charge >= 0.3 is 11.9 Å². The number of carbonyl (C=O) groups excluding carboxylic acids is 5. The van der Waals surface area contributed by atoms with Gasteiger partial charge in [0, 0.05) is 50.1 Å². The third kappa shape index (κ3) is 5.76. The summed E-state index contributed by atoms with van der Waals surface area (Å²) < 4.78 is 64.7. The van der Waals surface area contributed by atoms with E-state index in [0.29, 0.717) is 11.8 Å². The minimum Gasteiger partial charge on any atom is -0.457 e. The molecule has 0 saturated heterocycles. The Bertz CT molecular complexity index is 1480. The van der Waals surface area contributed by atoms with Crippen molar-refractivity contribution in [3.63, 3.8) is 0 Å². The minimum atomic E-state index is -2.41. The largest absolute Gasteiger partial charge is 0.457 e. The Morgan fingerprint density at radius 1 is 1.15 bits per heavy atom. The van der Waals surface area contributed by atoms with Crippen molar-refractivity contribution in [3.8, 4) is 0 Å². The standard InChI is InChI=1S/C30H33F3O7S.C4H9NO/c1-5-24(35)40-30(26(37)41-15-31)16(2)11-18-19-13-21(32)20-12-17(34)8-9-27(20,3)29(19,33)23(14-28(18,30)4)39-25(36)22-7-6-10-38-22;1-4(6)5(2)3/h6-10,12,16,18-19,21,23H,5,11,13-15H2,1-4H3;1-3H3/t16-,18+,19+,21+,23+,27+,28+,29+,30+;/m1./s1. The van der Waals surface area contributed by atoms with Gasteiger partial charge in [0.1, 0.15) is 18.3 Å². The lowest BCUT2D eigenvalue weighted by Crippen LogP contribution is -2.71. The van der Waals surface area contributed by atoms with Crippen LogP contribution in [0.2, 0.25) is 0 Å². The number of esters is 2. The molecule has 4 aliphatic rings. The second-order valence-corrected chi connectivity index (χ2v) is 14.2. The van der Waals surface area contributed by atoms with Crippen molar-refractivity contribution in [1.82, 2.24) is 4.90 Å². The first-order valence-corrected chi connectivity index (χ1v) is 16.6. The SMILES string of the molecule is CC(=O)N(C)C.CCC(=O)O[C@]1(C(=O)SCF)[C@H](C)C[C@H]2[C@@H]3C[C@H](F)C4=CC(=O)C=C[C@]4(C)[C@@]3(F)[C@@H](OC(=O)c3ccco3)C[C@@]21C. The topological polar surface area (TPSA) is 120 Å². The lowest BCUT2D eigenvalue weighted by molar-refractivity contribution is -0.228. The average molecular weight is 682 g/mol. The molecule has 1 aromatic rings. The monoisotopic (exact) mass is 681 g/mol. The number of carbonyl (C=O) groups is 5. The Labute approximate surface area is 276 Å². The normalized spacial score (nSPS) is 36.9. The average Bonchev–Trinajstić information content (AvgIpc) is 3.62. The summed E-state index contributed by atoms with van der Waals surface area (Å²) in [5, 5.41) is -0.718. The summed E-state index contributed by atoms with van der Waals surface area (Å²) in [6.45, 7) is 7.93. The van der Waals surface area contributed by atoms with Gasteiger partial charge in [0.25, 0.3) is 0 Å². The Kier molecular flexibility index (Phi) is 10.3. The summed E-state index contributed by atoms with van der Waals surface area (Å²) in [6, 6.07) is 1.76. The van der Waals surface area contributed by atoms with Crippen molar-refractivity contribution in [1.29, 1.82) is 0 Å². The molecule has 0 spiro atoms. The van der Waals surface area contributed by atoms with Gasteiger partial charge in [-0.05, 0) is 73.7 Å². The number of thioether (sulfide) groups is 1. The molecule has 0 N–H and O–H groups in total. The van der Waals surface area contributed by atoms with E-state index >= 15 is 8.78 Å². The summed E-state index contributed by atoms with van der Waals surface area (Å²) in [4.78, 5) is 63.5. The van der Waals surface area contributed by atoms with Crippen molar-refractivity contribution in [2.75, 3.05) is 20.1 Å². The maximum absolute atomic E-state index is 18.2. The highest BCUT2D eigenvalue weighted by Gasteiger charge is 2.79. The smallest absolute Gasteiger partial charge is 0.374 e. The van der Waals surface area contributed by atoms with Gasteiger partial charge in [-0.3, -0.25) is 19.2 Å². The van der Waals surface area contributed by atoms with Gasteiger partial charge in [0.2, 0.25) is 16.8 Å². The Morgan fingerprint density at radius 2 is 1.81 bits per heavy atom. The number of amides is 1. The van der Waals surface area contributed by atoms with Gasteiger partial charge in [-0.25, -0.2) is 18.0 Å². The fourth-order valence-electron chi connectivity index (χ4n) is 8.30. The van der Waals surface area contributed by atoms with Crippen molar-refractivity contribution < 1.29 is 51.0 Å². The van der Waals surface area contributed by atoms with Crippen LogP contribution in [0.5, 0.6) is 0 Å². The minimum absolute atomic E-state index is 0.0369. The van der Waals surface area contributed by atoms with E-state index in [-0.39, 0.29) is 42.9 Å². The van der Waals surface area contributed by atoms with Gasteiger partial charge in [-0.2, -0.15) is 0 Å². The molecule has 0 unspecified atom stereocenters. The highest BCUT2D eigenvalue weighted by atomic mass is 32.2. The van der Waals surface area contributed by atoms with Crippen LogP contribution in [0.25, 0.3) is 0 Å². The van der Waals surface area contributed by atoms with Crippen LogP contribution in [0.3, 0.4) is 0 Å². The summed E-state index contributed by atoms with van der Waals surface area (Å²) in [5.74, 6) is -4.71. The molecule has 3 saturated carbocycles. The number of furan rings is 1. The molecular formula is C34H42F3NO8S. The Morgan fingerprint density at radius 3 is 2.36 bits per heavy atom. The highest BCUT2D eigenvalue weighted by molar-refractivity contribution is 8.13. The van der Waals surface area contributed by atoms with Crippen molar-refractivity contribution in [3.05, 3.63) is 48.0 Å². The molecule has 9 nitrogen and oxygen atoms in total. The van der Waals surface area contributed by atoms with E-state index in [9.17, 15) is 28.4 Å². The van der Waals surface area contributed by atoms with Crippen LogP contribution in [0, 0.1) is 28.6 Å². The van der Waals surface area contributed by atoms with E-state index in [4.69, 9.17) is 13.9 Å². The summed E-state index contributed by atoms with van der Waals surface area (Å²) >= 11 is 0.367.